The van der Waals surface area contributed by atoms with Gasteiger partial charge in [0, 0.05) is 55.1 Å². The van der Waals surface area contributed by atoms with Crippen LogP contribution in [0.5, 0.6) is 0 Å². The zero-order valence-electron chi connectivity index (χ0n) is 16.8. The molecule has 8 nitrogen and oxygen atoms in total. The lowest BCUT2D eigenvalue weighted by Gasteiger charge is -2.41. The summed E-state index contributed by atoms with van der Waals surface area (Å²) in [4.78, 5) is 20.8. The van der Waals surface area contributed by atoms with Crippen LogP contribution in [0.25, 0.3) is 16.6 Å². The van der Waals surface area contributed by atoms with Crippen LogP contribution in [0.2, 0.25) is 0 Å². The van der Waals surface area contributed by atoms with Gasteiger partial charge in [0.2, 0.25) is 5.91 Å². The molecule has 0 aromatic carbocycles. The number of alkyl halides is 4. The second kappa shape index (κ2) is 6.66. The van der Waals surface area contributed by atoms with Crippen molar-refractivity contribution in [3.63, 3.8) is 0 Å². The molecule has 168 valence electrons. The highest BCUT2D eigenvalue weighted by molar-refractivity contribution is 5.84. The molecule has 2 unspecified atom stereocenters. The van der Waals surface area contributed by atoms with Gasteiger partial charge in [-0.2, -0.15) is 19.0 Å². The highest BCUT2D eigenvalue weighted by Gasteiger charge is 2.64. The van der Waals surface area contributed by atoms with E-state index in [1.54, 1.807) is 15.6 Å². The van der Waals surface area contributed by atoms with Crippen molar-refractivity contribution in [2.45, 2.75) is 43.8 Å². The molecule has 3 atom stereocenters. The Bertz CT molecular complexity index is 1190. The molecule has 2 saturated heterocycles. The molecule has 6 rings (SSSR count). The molecule has 32 heavy (non-hydrogen) atoms. The van der Waals surface area contributed by atoms with Crippen molar-refractivity contribution in [1.82, 2.24) is 29.3 Å². The average Bonchev–Trinajstić information content (AvgIpc) is 3.18. The Morgan fingerprint density at radius 2 is 1.81 bits per heavy atom. The molecule has 3 aromatic rings. The summed E-state index contributed by atoms with van der Waals surface area (Å²) < 4.78 is 54.9. The van der Waals surface area contributed by atoms with E-state index in [1.165, 1.54) is 18.7 Å². The van der Waals surface area contributed by atoms with Gasteiger partial charge in [-0.15, -0.1) is 0 Å². The van der Waals surface area contributed by atoms with Crippen molar-refractivity contribution in [2.24, 2.45) is 5.92 Å². The van der Waals surface area contributed by atoms with Crippen LogP contribution in [0.3, 0.4) is 0 Å². The molecule has 0 N–H and O–H groups in total. The highest BCUT2D eigenvalue weighted by atomic mass is 19.3. The normalized spacial score (nSPS) is 26.3. The number of fused-ring (bicyclic) bond motifs is 3. The molecule has 1 saturated carbocycles. The van der Waals surface area contributed by atoms with Crippen LogP contribution < -0.4 is 4.90 Å². The zero-order valence-corrected chi connectivity index (χ0v) is 16.8. The van der Waals surface area contributed by atoms with Crippen LogP contribution in [0.1, 0.15) is 25.8 Å². The van der Waals surface area contributed by atoms with Gasteiger partial charge >= 0.3 is 6.55 Å². The van der Waals surface area contributed by atoms with Gasteiger partial charge in [0.15, 0.2) is 5.82 Å². The molecule has 2 bridgehead atoms. The Hall–Kier alpha value is -3.18. The Labute approximate surface area is 179 Å². The number of rotatable bonds is 4. The number of carbonyl (C=O) groups is 1. The van der Waals surface area contributed by atoms with Crippen molar-refractivity contribution >= 4 is 17.2 Å². The van der Waals surface area contributed by atoms with Gasteiger partial charge in [0.25, 0.3) is 5.92 Å². The third kappa shape index (κ3) is 2.95. The molecule has 0 spiro atoms. The summed E-state index contributed by atoms with van der Waals surface area (Å²) in [6.07, 6.45) is 6.96. The first kappa shape index (κ1) is 19.5. The summed E-state index contributed by atoms with van der Waals surface area (Å²) in [5.41, 5.74) is 1.90. The summed E-state index contributed by atoms with van der Waals surface area (Å²) >= 11 is 0. The number of hydrogen-bond acceptors (Lipinski definition) is 5. The number of nitrogens with zero attached hydrogens (tertiary/aromatic N) is 7. The summed E-state index contributed by atoms with van der Waals surface area (Å²) in [6, 6.07) is 1.55. The number of amides is 1. The van der Waals surface area contributed by atoms with E-state index in [9.17, 15) is 22.4 Å². The molecular weight excluding hydrogens is 430 g/mol. The summed E-state index contributed by atoms with van der Waals surface area (Å²) in [7, 11) is 0. The number of carbonyl (C=O) groups excluding carboxylic acids is 1. The van der Waals surface area contributed by atoms with Crippen molar-refractivity contribution in [1.29, 1.82) is 0 Å². The average molecular weight is 449 g/mol. The van der Waals surface area contributed by atoms with Crippen LogP contribution in [0, 0.1) is 5.92 Å². The van der Waals surface area contributed by atoms with Crippen molar-refractivity contribution in [2.75, 3.05) is 18.0 Å². The van der Waals surface area contributed by atoms with E-state index in [4.69, 9.17) is 0 Å². The molecule has 12 heteroatoms. The van der Waals surface area contributed by atoms with E-state index < -0.39 is 24.3 Å². The standard InChI is InChI=1S/C20H19F4N7O/c21-19(22)30-7-12(5-26-30)11-3-16-17(25-10-27-29(16)6-11)28-8-13-1-2-14(9-28)31(13)18(32)15-4-20(15,23)24/h3,5-7,10,13-15,19H,1-2,4,8-9H2/t13?,14?,15-/m1/s1. The number of hydrogen-bond donors (Lipinski definition) is 0. The van der Waals surface area contributed by atoms with Gasteiger partial charge in [0.1, 0.15) is 17.8 Å². The van der Waals surface area contributed by atoms with Gasteiger partial charge in [-0.25, -0.2) is 23.0 Å². The lowest BCUT2D eigenvalue weighted by Crippen LogP contribution is -2.56. The van der Waals surface area contributed by atoms with Gasteiger partial charge in [-0.05, 0) is 18.9 Å². The molecular formula is C20H19F4N7O. The first-order chi connectivity index (χ1) is 15.3. The molecule has 1 amide bonds. The fourth-order valence-electron chi connectivity index (χ4n) is 5.01. The SMILES string of the molecule is O=C([C@H]1CC1(F)F)N1C2CCC1CN(c1ncnn3cc(-c4cnn(C(F)F)c4)cc13)C2. The number of aromatic nitrogens is 5. The molecule has 0 radical (unpaired) electrons. The number of halogens is 4. The summed E-state index contributed by atoms with van der Waals surface area (Å²) in [5, 5.41) is 7.90. The predicted octanol–water partition coefficient (Wildman–Crippen LogP) is 2.82. The van der Waals surface area contributed by atoms with Gasteiger partial charge < -0.3 is 9.80 Å². The van der Waals surface area contributed by atoms with Gasteiger partial charge in [-0.3, -0.25) is 4.79 Å². The van der Waals surface area contributed by atoms with E-state index in [-0.39, 0.29) is 18.5 Å². The first-order valence-electron chi connectivity index (χ1n) is 10.4. The van der Waals surface area contributed by atoms with Crippen LogP contribution in [-0.4, -0.2) is 66.3 Å². The largest absolute Gasteiger partial charge is 0.351 e. The van der Waals surface area contributed by atoms with Crippen LogP contribution in [0.4, 0.5) is 23.4 Å². The highest BCUT2D eigenvalue weighted by Crippen LogP contribution is 2.51. The van der Waals surface area contributed by atoms with Crippen molar-refractivity contribution in [3.05, 3.63) is 31.0 Å². The lowest BCUT2D eigenvalue weighted by atomic mass is 10.1. The molecule has 5 heterocycles. The molecule has 3 aliphatic rings. The Balaban J connectivity index is 1.28. The Morgan fingerprint density at radius 3 is 2.44 bits per heavy atom. The Morgan fingerprint density at radius 1 is 1.09 bits per heavy atom. The topological polar surface area (TPSA) is 71.6 Å². The van der Waals surface area contributed by atoms with Crippen molar-refractivity contribution in [3.8, 4) is 11.1 Å². The Kier molecular flexibility index (Phi) is 4.06. The minimum Gasteiger partial charge on any atom is -0.351 e. The monoisotopic (exact) mass is 449 g/mol. The zero-order chi connectivity index (χ0) is 22.2. The third-order valence-electron chi connectivity index (χ3n) is 6.68. The minimum absolute atomic E-state index is 0.133. The second-order valence-electron chi connectivity index (χ2n) is 8.68. The van der Waals surface area contributed by atoms with E-state index in [2.05, 4.69) is 20.1 Å². The third-order valence-corrected chi connectivity index (χ3v) is 6.68. The molecule has 3 aromatic heterocycles. The van der Waals surface area contributed by atoms with E-state index in [0.29, 0.717) is 40.2 Å². The fraction of sp³-hybridized carbons (Fsp3) is 0.500. The number of anilines is 1. The summed E-state index contributed by atoms with van der Waals surface area (Å²) in [5.74, 6) is -3.82. The van der Waals surface area contributed by atoms with Gasteiger partial charge in [0.05, 0.1) is 6.20 Å². The van der Waals surface area contributed by atoms with E-state index >= 15 is 0 Å². The second-order valence-corrected chi connectivity index (χ2v) is 8.68. The fourth-order valence-corrected chi connectivity index (χ4v) is 5.01. The predicted molar refractivity (Wildman–Crippen MR) is 104 cm³/mol. The lowest BCUT2D eigenvalue weighted by molar-refractivity contribution is -0.138. The van der Waals surface area contributed by atoms with E-state index in [0.717, 1.165) is 12.8 Å². The first-order valence-corrected chi connectivity index (χ1v) is 10.4. The maximum Gasteiger partial charge on any atom is 0.333 e. The maximum absolute atomic E-state index is 13.5. The summed E-state index contributed by atoms with van der Waals surface area (Å²) in [6.45, 7) is -1.73. The molecule has 3 fully saturated rings. The quantitative estimate of drug-likeness (QED) is 0.573. The minimum atomic E-state index is -2.87. The molecule has 1 aliphatic carbocycles. The van der Waals surface area contributed by atoms with Crippen LogP contribution >= 0.6 is 0 Å². The van der Waals surface area contributed by atoms with Crippen LogP contribution in [0.15, 0.2) is 31.0 Å². The number of piperazine rings is 1. The van der Waals surface area contributed by atoms with Crippen LogP contribution in [-0.2, 0) is 4.79 Å². The van der Waals surface area contributed by atoms with E-state index in [1.807, 2.05) is 6.07 Å². The smallest absolute Gasteiger partial charge is 0.333 e. The van der Waals surface area contributed by atoms with Gasteiger partial charge in [-0.1, -0.05) is 0 Å². The van der Waals surface area contributed by atoms with Crippen molar-refractivity contribution < 1.29 is 22.4 Å². The molecule has 2 aliphatic heterocycles. The maximum atomic E-state index is 13.5.